The highest BCUT2D eigenvalue weighted by Gasteiger charge is 2.58. The fourth-order valence-electron chi connectivity index (χ4n) is 11.4. The molecule has 0 amide bonds. The van der Waals surface area contributed by atoms with E-state index in [-0.39, 0.29) is 0 Å². The van der Waals surface area contributed by atoms with E-state index in [9.17, 15) is 138 Å². The highest BCUT2D eigenvalue weighted by molar-refractivity contribution is 5.00. The van der Waals surface area contributed by atoms with Gasteiger partial charge < -0.3 is 214 Å². The predicted octanol–water partition coefficient (Wildman–Crippen LogP) is -19.1. The maximum absolute atomic E-state index is 12.0. The zero-order valence-electron chi connectivity index (χ0n) is 49.3. The molecule has 0 aromatic heterocycles. The molecular formula is C51H88O43. The van der Waals surface area contributed by atoms with Gasteiger partial charge in [0.05, 0.1) is 66.1 Å². The number of hydrogen-bond donors (Lipinski definition) is 27. The summed E-state index contributed by atoms with van der Waals surface area (Å²) in [6.45, 7) is -9.27. The molecule has 94 heavy (non-hydrogen) atoms. The first-order valence-corrected chi connectivity index (χ1v) is 29.8. The van der Waals surface area contributed by atoms with E-state index in [1.165, 1.54) is 0 Å². The van der Waals surface area contributed by atoms with E-state index in [0.29, 0.717) is 0 Å². The van der Waals surface area contributed by atoms with Crippen LogP contribution in [-0.4, -0.2) is 456 Å². The number of rotatable bonds is 26. The summed E-state index contributed by atoms with van der Waals surface area (Å²) in [6.07, 6.45) is -84.1. The fraction of sp³-hybridized carbons (Fsp3) is 1.00. The Morgan fingerprint density at radius 1 is 0.287 bits per heavy atom. The van der Waals surface area contributed by atoms with Crippen LogP contribution in [0.15, 0.2) is 0 Å². The van der Waals surface area contributed by atoms with Gasteiger partial charge in [-0.15, -0.1) is 0 Å². The molecule has 0 spiro atoms. The van der Waals surface area contributed by atoms with Crippen molar-refractivity contribution in [2.24, 2.45) is 0 Å². The van der Waals surface area contributed by atoms with Gasteiger partial charge >= 0.3 is 0 Å². The van der Waals surface area contributed by atoms with Crippen LogP contribution in [0.4, 0.5) is 0 Å². The Kier molecular flexibility index (Phi) is 28.5. The summed E-state index contributed by atoms with van der Waals surface area (Å²) in [5, 5.41) is 290. The van der Waals surface area contributed by atoms with Crippen molar-refractivity contribution in [1.29, 1.82) is 0 Å². The molecule has 8 saturated heterocycles. The molecule has 0 saturated carbocycles. The molecule has 0 bridgehead atoms. The van der Waals surface area contributed by atoms with Crippen LogP contribution in [0.1, 0.15) is 0 Å². The van der Waals surface area contributed by atoms with Gasteiger partial charge in [-0.1, -0.05) is 0 Å². The van der Waals surface area contributed by atoms with E-state index in [4.69, 9.17) is 75.8 Å². The number of ether oxygens (including phenoxy) is 16. The monoisotopic (exact) mass is 1390 g/mol. The van der Waals surface area contributed by atoms with Gasteiger partial charge in [0.2, 0.25) is 0 Å². The van der Waals surface area contributed by atoms with Crippen LogP contribution in [0.5, 0.6) is 0 Å². The van der Waals surface area contributed by atoms with E-state index in [1.807, 2.05) is 0 Å². The maximum Gasteiger partial charge on any atom is 0.187 e. The Bertz CT molecular complexity index is 2240. The first kappa shape index (κ1) is 78.0. The molecule has 8 aliphatic rings. The fourth-order valence-corrected chi connectivity index (χ4v) is 11.4. The largest absolute Gasteiger partial charge is 0.394 e. The van der Waals surface area contributed by atoms with Crippen LogP contribution in [0.3, 0.4) is 0 Å². The Labute approximate surface area is 530 Å². The van der Waals surface area contributed by atoms with Crippen LogP contribution in [0.2, 0.25) is 0 Å². The maximum atomic E-state index is 12.0. The minimum atomic E-state index is -2.47. The van der Waals surface area contributed by atoms with E-state index < -0.39 is 318 Å². The quantitative estimate of drug-likeness (QED) is 0.0382. The zero-order chi connectivity index (χ0) is 69.1. The average Bonchev–Trinajstić information content (AvgIpc) is 0.782. The summed E-state index contributed by atoms with van der Waals surface area (Å²) in [7, 11) is 0. The lowest BCUT2D eigenvalue weighted by molar-refractivity contribution is -0.396. The molecule has 8 rings (SSSR count). The summed E-state index contributed by atoms with van der Waals surface area (Å²) in [5.74, 6) is 0. The topological polar surface area (TPSA) is 694 Å². The lowest BCUT2D eigenvalue weighted by Crippen LogP contribution is -2.67. The van der Waals surface area contributed by atoms with Crippen molar-refractivity contribution in [2.45, 2.75) is 252 Å². The van der Waals surface area contributed by atoms with Gasteiger partial charge in [0.1, 0.15) is 201 Å². The van der Waals surface area contributed by atoms with Crippen molar-refractivity contribution in [1.82, 2.24) is 0 Å². The van der Waals surface area contributed by atoms with Crippen molar-refractivity contribution in [2.75, 3.05) is 66.1 Å². The van der Waals surface area contributed by atoms with Gasteiger partial charge in [-0.25, -0.2) is 0 Å². The van der Waals surface area contributed by atoms with E-state index in [1.54, 1.807) is 0 Å². The third-order valence-electron chi connectivity index (χ3n) is 17.2. The van der Waals surface area contributed by atoms with E-state index >= 15 is 0 Å². The second-order valence-corrected chi connectivity index (χ2v) is 23.7. The molecule has 0 aromatic rings. The van der Waals surface area contributed by atoms with Crippen LogP contribution in [-0.2, 0) is 75.8 Å². The normalized spacial score (nSPS) is 50.4. The molecule has 550 valence electrons. The highest BCUT2D eigenvalue weighted by Crippen LogP contribution is 2.37. The minimum absolute atomic E-state index is 0.522. The van der Waals surface area contributed by atoms with Crippen LogP contribution >= 0.6 is 0 Å². The standard InChI is InChI=1S/C51H88O43/c52-1-11(56)23(63)39(12(57)2-53)90-48-37(77)31(71)41(20(88-48)10-84-50-42(24(64)15(60)7-81-50)94-51-43(30(70)26(66)17(4-55)86-51)93-46-35(75)28(68)25(65)16(3-54)85-46)92-49-38(78)32(72)40(19(89-49)9-83-45-34(74)22(62)14(59)6-80-45)91-47-36(76)29(69)27(67)18(87-47)8-82-44-33(73)21(61)13(58)5-79-44/h11-78H,1-10H2/t11-,12+,13+,14+,15+,16-,17+,18+,19+,20+,21-,22-,23+,24-,25+,26-,27+,28+,29-,30-,31+,32+,33+,34+,35-,36+,37+,38+,39+,40+,41+,42+,43+,44+,45+,46-,47-,48-,49-,50+,51-/m0/s1. The van der Waals surface area contributed by atoms with Crippen molar-refractivity contribution in [3.05, 3.63) is 0 Å². The molecular weight excluding hydrogens is 1300 g/mol. The van der Waals surface area contributed by atoms with Crippen LogP contribution in [0, 0.1) is 0 Å². The van der Waals surface area contributed by atoms with Gasteiger partial charge in [0, 0.05) is 0 Å². The summed E-state index contributed by atoms with van der Waals surface area (Å²) < 4.78 is 91.4. The summed E-state index contributed by atoms with van der Waals surface area (Å²) in [5.41, 5.74) is 0. The minimum Gasteiger partial charge on any atom is -0.394 e. The molecule has 0 unspecified atom stereocenters. The Morgan fingerprint density at radius 2 is 0.606 bits per heavy atom. The summed E-state index contributed by atoms with van der Waals surface area (Å²) in [6, 6.07) is 0. The molecule has 0 radical (unpaired) electrons. The number of aliphatic hydroxyl groups is 27. The second-order valence-electron chi connectivity index (χ2n) is 23.7. The lowest BCUT2D eigenvalue weighted by Gasteiger charge is -2.49. The van der Waals surface area contributed by atoms with Crippen molar-refractivity contribution in [3.8, 4) is 0 Å². The zero-order valence-corrected chi connectivity index (χ0v) is 49.3. The molecule has 8 fully saturated rings. The molecule has 43 heteroatoms. The Hall–Kier alpha value is -1.72. The third kappa shape index (κ3) is 17.2. The smallest absolute Gasteiger partial charge is 0.187 e. The second kappa shape index (κ2) is 34.3. The van der Waals surface area contributed by atoms with Gasteiger partial charge in [-0.2, -0.15) is 0 Å². The molecule has 27 N–H and O–H groups in total. The third-order valence-corrected chi connectivity index (χ3v) is 17.2. The summed E-state index contributed by atoms with van der Waals surface area (Å²) >= 11 is 0. The Morgan fingerprint density at radius 3 is 1.09 bits per heavy atom. The molecule has 8 heterocycles. The van der Waals surface area contributed by atoms with E-state index in [2.05, 4.69) is 0 Å². The van der Waals surface area contributed by atoms with Crippen molar-refractivity contribution >= 4 is 0 Å². The molecule has 0 aliphatic carbocycles. The predicted molar refractivity (Wildman–Crippen MR) is 281 cm³/mol. The average molecular weight is 1390 g/mol. The van der Waals surface area contributed by atoms with Gasteiger partial charge in [-0.3, -0.25) is 0 Å². The number of aliphatic hydroxyl groups excluding tert-OH is 27. The van der Waals surface area contributed by atoms with Crippen molar-refractivity contribution < 1.29 is 214 Å². The van der Waals surface area contributed by atoms with Crippen LogP contribution in [0.25, 0.3) is 0 Å². The van der Waals surface area contributed by atoms with Crippen molar-refractivity contribution in [3.63, 3.8) is 0 Å². The Balaban J connectivity index is 1.07. The molecule has 43 nitrogen and oxygen atoms in total. The van der Waals surface area contributed by atoms with Gasteiger partial charge in [0.25, 0.3) is 0 Å². The lowest BCUT2D eigenvalue weighted by atomic mass is 9.95. The SMILES string of the molecule is OC[C@@H](O)[C@@H](O[C@@H]1O[C@H](CO[C@H]2OC[C@@H](O)[C@H](O)[C@H]2O[C@@H]2O[C@H](CO)[C@H](O)[C@H](O)[C@H]2O[C@@H]2O[C@@H](CO)[C@@H](O)[C@@H](O)[C@@H]2O)[C@@H](O[C@@H]2O[C@H](CO[C@H]3OC[C@@H](O)[C@H](O)[C@H]3O)[C@@H](O[C@@H]3O[C@H](CO[C@H]4OC[C@@H](O)[C@H](O)[C@H]4O)[C@@H](O)[C@H](O)[C@H]3O)[C@H](O)[C@H]2O)[C@H](O)[C@H]1O)[C@H](O)[C@@H](O)CO. The first-order valence-electron chi connectivity index (χ1n) is 29.8. The molecule has 41 atom stereocenters. The van der Waals surface area contributed by atoms with Crippen LogP contribution < -0.4 is 0 Å². The molecule has 0 aromatic carbocycles. The van der Waals surface area contributed by atoms with Gasteiger partial charge in [0.15, 0.2) is 50.3 Å². The molecule has 8 aliphatic heterocycles. The highest BCUT2D eigenvalue weighted by atomic mass is 16.8. The number of hydrogen-bond acceptors (Lipinski definition) is 43. The van der Waals surface area contributed by atoms with Gasteiger partial charge in [-0.05, 0) is 0 Å². The first-order chi connectivity index (χ1) is 44.5. The summed E-state index contributed by atoms with van der Waals surface area (Å²) in [4.78, 5) is 0. The van der Waals surface area contributed by atoms with E-state index in [0.717, 1.165) is 0 Å².